The van der Waals surface area contributed by atoms with Gasteiger partial charge in [-0.05, 0) is 68.6 Å². The lowest BCUT2D eigenvalue weighted by molar-refractivity contribution is -0.313. The number of methoxy groups -OCH3 is 1. The second-order valence-corrected chi connectivity index (χ2v) is 29.2. The van der Waals surface area contributed by atoms with E-state index in [4.69, 9.17) is 68.7 Å². The second kappa shape index (κ2) is 50.7. The minimum Gasteiger partial charge on any atom is -0.480 e. The summed E-state index contributed by atoms with van der Waals surface area (Å²) in [5.74, 6) is -1.46. The lowest BCUT2D eigenvalue weighted by Crippen LogP contribution is -2.59. The van der Waals surface area contributed by atoms with Crippen molar-refractivity contribution in [2.24, 2.45) is 5.73 Å². The van der Waals surface area contributed by atoms with Crippen molar-refractivity contribution >= 4 is 82.7 Å². The smallest absolute Gasteiger partial charge is 0.317 e. The third kappa shape index (κ3) is 33.5. The Bertz CT molecular complexity index is 2340. The predicted octanol–water partition coefficient (Wildman–Crippen LogP) is -5.08. The molecule has 0 spiro atoms. The van der Waals surface area contributed by atoms with Gasteiger partial charge in [-0.25, -0.2) is 0 Å². The minimum absolute atomic E-state index is 0.0142. The Balaban J connectivity index is 1.24. The van der Waals surface area contributed by atoms with Crippen LogP contribution in [0.25, 0.3) is 0 Å². The topological polar surface area (TPSA) is 545 Å². The van der Waals surface area contributed by atoms with Crippen LogP contribution < -0.4 is 16.4 Å². The predicted molar refractivity (Wildman–Crippen MR) is 369 cm³/mol. The number of hydrogen-bond acceptors (Lipinski definition) is 34. The first kappa shape index (κ1) is 90.7. The van der Waals surface area contributed by atoms with Crippen molar-refractivity contribution in [1.82, 2.24) is 25.3 Å². The summed E-state index contributed by atoms with van der Waals surface area (Å²) in [5, 5.41) is 159. The fourth-order valence-electron chi connectivity index (χ4n) is 11.3. The molecule has 588 valence electrons. The van der Waals surface area contributed by atoms with Crippen LogP contribution in [0.5, 0.6) is 0 Å². The van der Waals surface area contributed by atoms with E-state index in [1.54, 1.807) is 23.5 Å². The lowest BCUT2D eigenvalue weighted by atomic mass is 9.95. The van der Waals surface area contributed by atoms with Crippen molar-refractivity contribution in [3.8, 4) is 0 Å². The third-order valence-electron chi connectivity index (χ3n) is 16.6. The van der Waals surface area contributed by atoms with Crippen molar-refractivity contribution in [3.63, 3.8) is 0 Å². The van der Waals surface area contributed by atoms with Crippen molar-refractivity contribution < 1.29 is 143 Å². The summed E-state index contributed by atoms with van der Waals surface area (Å²) in [6.07, 6.45) is -19.9. The number of amidine groups is 1. The molecule has 4 rings (SSSR count). The number of carbonyl (C=O) groups excluding carboxylic acids is 1. The van der Waals surface area contributed by atoms with Crippen molar-refractivity contribution in [2.45, 2.75) is 180 Å². The highest BCUT2D eigenvalue weighted by Gasteiger charge is 2.49. The highest BCUT2D eigenvalue weighted by atomic mass is 32.2. The molecule has 0 aliphatic carbocycles. The summed E-state index contributed by atoms with van der Waals surface area (Å²) in [6, 6.07) is 0. The first-order valence-corrected chi connectivity index (χ1v) is 38.5. The maximum atomic E-state index is 12.9. The lowest BCUT2D eigenvalue weighted by Gasteiger charge is -2.43. The number of carbonyl (C=O) groups is 5. The standard InChI is InChI=1S/C61H111N7O29S4/c1-3-36-46(79)51(84)56(90-21-6-23-98-26-11-62)59(94-36)92-18-5-10-38-48(81)53(86)57(91-22-8-24-99-27-12-64-40(63)35-101-61-54(87)50(83)49(82)39(34-69)97-61)60(96-38)93-19-4-9-37-47(80)52(85)55(58(88-2)95-37)89-20-7-25-100-28-13-65-41(70)29-67(31-43(73)74)16-14-66(30-42(71)72)15-17-68(32-44(75)76)33-45(77)78/h36-39,46-61,69,79-87H,3-35,62H2,1-2H3,(H2,63,64)(H,65,70)(H,71,72)(H,73,74)(H,75,76)(H,77,78)/t36?,37?,38?,39?,46-,47-,48-,49?,50?,51+,52+,53+,54?,55?,56?,57?,58-,59-,60-,61?/m1/s1. The highest BCUT2D eigenvalue weighted by Crippen LogP contribution is 2.32. The quantitative estimate of drug-likeness (QED) is 0.0154. The van der Waals surface area contributed by atoms with E-state index in [9.17, 15) is 85.3 Å². The number of aliphatic hydroxyl groups is 10. The molecule has 1 amide bonds. The zero-order valence-electron chi connectivity index (χ0n) is 57.3. The number of hydrogen-bond donors (Lipinski definition) is 18. The number of ether oxygens (including phenoxy) is 10. The first-order chi connectivity index (χ1) is 48.3. The Morgan fingerprint density at radius 3 is 1.32 bits per heavy atom. The van der Waals surface area contributed by atoms with Gasteiger partial charge in [0.05, 0.1) is 63.4 Å². The van der Waals surface area contributed by atoms with Gasteiger partial charge in [0.25, 0.3) is 0 Å². The number of nitrogens with two attached hydrogens (primary N) is 1. The first-order valence-electron chi connectivity index (χ1n) is 34.0. The normalized spacial score (nSPS) is 30.1. The summed E-state index contributed by atoms with van der Waals surface area (Å²) in [6.45, 7) is 0.242. The van der Waals surface area contributed by atoms with Gasteiger partial charge in [0, 0.05) is 103 Å². The third-order valence-corrected chi connectivity index (χ3v) is 21.0. The van der Waals surface area contributed by atoms with E-state index in [0.29, 0.717) is 61.8 Å². The molecule has 4 saturated heterocycles. The summed E-state index contributed by atoms with van der Waals surface area (Å²) in [7, 11) is 1.37. The number of aliphatic carboxylic acids is 4. The fourth-order valence-corrected chi connectivity index (χ4v) is 14.5. The monoisotopic (exact) mass is 1530 g/mol. The van der Waals surface area contributed by atoms with E-state index in [-0.39, 0.29) is 110 Å². The summed E-state index contributed by atoms with van der Waals surface area (Å²) >= 11 is 5.75. The molecule has 4 heterocycles. The Kier molecular flexibility index (Phi) is 45.5. The second-order valence-electron chi connectivity index (χ2n) is 24.5. The SMILES string of the molecule is CCC1O[C@@H](OCCCC2O[C@@H](OCCCC3O[C@@H](OC)C(OCCCSCCNC(=O)CN(CCN(CCN(CC(=O)O)CC(=O)O)CC(=O)O)CC(=O)O)[C@@H](O)[C@@H]3O)C(OCCCSCCNC(=N)CSC3OC(CO)C(O)C(O)C3O)[C@@H](O)[C@@H]2O)C(OCCCSCCN)[C@@H](O)[C@@H]1O. The Hall–Kier alpha value is -2.74. The summed E-state index contributed by atoms with van der Waals surface area (Å²) in [4.78, 5) is 62.3. The van der Waals surface area contributed by atoms with E-state index in [2.05, 4.69) is 10.6 Å². The molecule has 0 aromatic rings. The Morgan fingerprint density at radius 1 is 0.465 bits per heavy atom. The molecule has 4 aliphatic rings. The number of carboxylic acid groups (broad SMARTS) is 4. The number of nitrogens with one attached hydrogen (secondary N) is 3. The maximum absolute atomic E-state index is 12.9. The molecule has 4 fully saturated rings. The zero-order chi connectivity index (χ0) is 74.4. The minimum atomic E-state index is -1.52. The van der Waals surface area contributed by atoms with E-state index < -0.39 is 185 Å². The summed E-state index contributed by atoms with van der Waals surface area (Å²) < 4.78 is 60.0. The van der Waals surface area contributed by atoms with E-state index in [0.717, 1.165) is 28.2 Å². The van der Waals surface area contributed by atoms with Crippen LogP contribution in [0, 0.1) is 5.41 Å². The van der Waals surface area contributed by atoms with Crippen LogP contribution in [-0.4, -0.2) is 409 Å². The molecule has 11 unspecified atom stereocenters. The van der Waals surface area contributed by atoms with Gasteiger partial charge < -0.3 is 135 Å². The molecule has 20 atom stereocenters. The Morgan fingerprint density at radius 2 is 0.861 bits per heavy atom. The highest BCUT2D eigenvalue weighted by molar-refractivity contribution is 8.00. The number of nitrogens with zero attached hydrogens (tertiary/aromatic N) is 3. The van der Waals surface area contributed by atoms with Crippen LogP contribution in [0.3, 0.4) is 0 Å². The van der Waals surface area contributed by atoms with Gasteiger partial charge in [0.2, 0.25) is 5.91 Å². The molecule has 0 aromatic carbocycles. The number of amides is 1. The van der Waals surface area contributed by atoms with Crippen LogP contribution in [0.15, 0.2) is 0 Å². The van der Waals surface area contributed by atoms with Crippen molar-refractivity contribution in [1.29, 1.82) is 5.41 Å². The van der Waals surface area contributed by atoms with Gasteiger partial charge in [0.1, 0.15) is 90.6 Å². The Labute approximate surface area is 605 Å². The largest absolute Gasteiger partial charge is 0.480 e. The van der Waals surface area contributed by atoms with Gasteiger partial charge >= 0.3 is 23.9 Å². The van der Waals surface area contributed by atoms with E-state index in [1.165, 1.54) is 28.7 Å². The molecular weight excluding hydrogens is 1420 g/mol. The average Bonchev–Trinajstić information content (AvgIpc) is 0.839. The van der Waals surface area contributed by atoms with Crippen LogP contribution in [0.2, 0.25) is 0 Å². The van der Waals surface area contributed by atoms with Gasteiger partial charge in [-0.2, -0.15) is 35.3 Å². The van der Waals surface area contributed by atoms with Gasteiger partial charge in [-0.1, -0.05) is 6.92 Å². The van der Waals surface area contributed by atoms with Crippen LogP contribution >= 0.6 is 47.0 Å². The van der Waals surface area contributed by atoms with Gasteiger partial charge in [0.15, 0.2) is 18.9 Å². The van der Waals surface area contributed by atoms with Crippen LogP contribution in [-0.2, 0) is 71.3 Å². The van der Waals surface area contributed by atoms with Crippen LogP contribution in [0.4, 0.5) is 0 Å². The molecule has 0 bridgehead atoms. The van der Waals surface area contributed by atoms with Crippen molar-refractivity contribution in [2.75, 3.05) is 166 Å². The summed E-state index contributed by atoms with van der Waals surface area (Å²) in [5.41, 5.74) is 4.64. The fraction of sp³-hybridized carbons (Fsp3) is 0.902. The number of carboxylic acids is 4. The zero-order valence-corrected chi connectivity index (χ0v) is 60.6. The molecule has 0 aromatic heterocycles. The van der Waals surface area contributed by atoms with Crippen LogP contribution in [0.1, 0.15) is 58.3 Å². The molecule has 36 nitrogen and oxygen atoms in total. The molecule has 0 saturated carbocycles. The molecule has 0 radical (unpaired) electrons. The van der Waals surface area contributed by atoms with E-state index >= 15 is 0 Å². The molecule has 101 heavy (non-hydrogen) atoms. The molecule has 40 heteroatoms. The van der Waals surface area contributed by atoms with E-state index in [1.807, 2.05) is 6.92 Å². The average molecular weight is 1530 g/mol. The molecular formula is C61H111N7O29S4. The van der Waals surface area contributed by atoms with Gasteiger partial charge in [-0.3, -0.25) is 44.1 Å². The number of aliphatic hydroxyl groups excluding tert-OH is 10. The maximum Gasteiger partial charge on any atom is 0.317 e. The molecule has 4 aliphatic heterocycles. The molecule has 19 N–H and O–H groups in total. The number of rotatable bonds is 55. The number of thioether (sulfide) groups is 4. The van der Waals surface area contributed by atoms with Gasteiger partial charge in [-0.15, -0.1) is 11.8 Å². The van der Waals surface area contributed by atoms with Crippen molar-refractivity contribution in [3.05, 3.63) is 0 Å².